The predicted molar refractivity (Wildman–Crippen MR) is 96.3 cm³/mol. The van der Waals surface area contributed by atoms with Crippen LogP contribution in [0.4, 0.5) is 4.39 Å². The molecule has 126 valence electrons. The van der Waals surface area contributed by atoms with Crippen LogP contribution in [0.5, 0.6) is 0 Å². The number of nitrogens with one attached hydrogen (secondary N) is 3. The number of hydrogen-bond donors (Lipinski definition) is 3. The number of hydrazine groups is 1. The Labute approximate surface area is 151 Å². The quantitative estimate of drug-likeness (QED) is 0.484. The van der Waals surface area contributed by atoms with E-state index >= 15 is 0 Å². The minimum absolute atomic E-state index is 0.260. The molecule has 0 saturated carbocycles. The largest absolute Gasteiger partial charge is 0.352 e. The van der Waals surface area contributed by atoms with Crippen molar-refractivity contribution in [1.82, 2.24) is 15.8 Å². The summed E-state index contributed by atoms with van der Waals surface area (Å²) in [6.07, 6.45) is 1.61. The molecule has 3 aromatic rings. The molecule has 2 heterocycles. The van der Waals surface area contributed by atoms with Gasteiger partial charge in [-0.2, -0.15) is 0 Å². The summed E-state index contributed by atoms with van der Waals surface area (Å²) in [7, 11) is 0. The smallest absolute Gasteiger partial charge is 0.279 e. The minimum Gasteiger partial charge on any atom is -0.352 e. The van der Waals surface area contributed by atoms with Gasteiger partial charge in [-0.3, -0.25) is 20.4 Å². The SMILES string of the molecule is O=C(NNC(=O)c1ccc[nH]c1=S)c1ccc(-c2ccc(F)cc2)s1. The highest BCUT2D eigenvalue weighted by Gasteiger charge is 2.13. The molecule has 3 N–H and O–H groups in total. The third kappa shape index (κ3) is 3.98. The van der Waals surface area contributed by atoms with Crippen LogP contribution in [0.2, 0.25) is 0 Å². The van der Waals surface area contributed by atoms with E-state index in [9.17, 15) is 14.0 Å². The number of amides is 2. The van der Waals surface area contributed by atoms with Crippen LogP contribution < -0.4 is 10.9 Å². The van der Waals surface area contributed by atoms with E-state index in [1.54, 1.807) is 42.6 Å². The third-order valence-corrected chi connectivity index (χ3v) is 4.78. The van der Waals surface area contributed by atoms with Crippen molar-refractivity contribution < 1.29 is 14.0 Å². The summed E-state index contributed by atoms with van der Waals surface area (Å²) >= 11 is 6.25. The molecule has 0 radical (unpaired) electrons. The maximum atomic E-state index is 13.0. The summed E-state index contributed by atoms with van der Waals surface area (Å²) < 4.78 is 13.3. The predicted octanol–water partition coefficient (Wildman–Crippen LogP) is 3.69. The Morgan fingerprint density at radius 3 is 2.44 bits per heavy atom. The lowest BCUT2D eigenvalue weighted by Crippen LogP contribution is -2.41. The number of carbonyl (C=O) groups is 2. The number of pyridine rings is 1. The number of thiophene rings is 1. The fourth-order valence-electron chi connectivity index (χ4n) is 2.07. The van der Waals surface area contributed by atoms with E-state index in [2.05, 4.69) is 15.8 Å². The third-order valence-electron chi connectivity index (χ3n) is 3.31. The fourth-order valence-corrected chi connectivity index (χ4v) is 3.21. The number of rotatable bonds is 3. The van der Waals surface area contributed by atoms with Gasteiger partial charge in [0.25, 0.3) is 11.8 Å². The Kier molecular flexibility index (Phi) is 5.01. The molecule has 0 saturated heterocycles. The van der Waals surface area contributed by atoms with Gasteiger partial charge < -0.3 is 4.98 Å². The van der Waals surface area contributed by atoms with E-state index in [0.717, 1.165) is 10.4 Å². The van der Waals surface area contributed by atoms with Gasteiger partial charge in [0.15, 0.2) is 0 Å². The molecule has 25 heavy (non-hydrogen) atoms. The zero-order valence-corrected chi connectivity index (χ0v) is 14.3. The monoisotopic (exact) mass is 373 g/mol. The van der Waals surface area contributed by atoms with Gasteiger partial charge >= 0.3 is 0 Å². The number of halogens is 1. The van der Waals surface area contributed by atoms with E-state index in [1.807, 2.05) is 0 Å². The second-order valence-electron chi connectivity index (χ2n) is 4.99. The summed E-state index contributed by atoms with van der Waals surface area (Å²) in [5.74, 6) is -1.27. The maximum Gasteiger partial charge on any atom is 0.279 e. The Bertz CT molecular complexity index is 980. The van der Waals surface area contributed by atoms with Crippen LogP contribution in [-0.4, -0.2) is 16.8 Å². The zero-order valence-electron chi connectivity index (χ0n) is 12.7. The number of aromatic nitrogens is 1. The van der Waals surface area contributed by atoms with Gasteiger partial charge in [0.1, 0.15) is 10.5 Å². The van der Waals surface area contributed by atoms with Crippen LogP contribution in [0, 0.1) is 10.5 Å². The lowest BCUT2D eigenvalue weighted by atomic mass is 10.2. The molecule has 1 aromatic carbocycles. The highest BCUT2D eigenvalue weighted by molar-refractivity contribution is 7.71. The van der Waals surface area contributed by atoms with Crippen LogP contribution in [-0.2, 0) is 0 Å². The average Bonchev–Trinajstić information content (AvgIpc) is 3.10. The van der Waals surface area contributed by atoms with Crippen LogP contribution in [0.3, 0.4) is 0 Å². The summed E-state index contributed by atoms with van der Waals surface area (Å²) in [4.78, 5) is 28.1. The van der Waals surface area contributed by atoms with E-state index in [-0.39, 0.29) is 16.0 Å². The van der Waals surface area contributed by atoms with E-state index in [1.165, 1.54) is 23.5 Å². The highest BCUT2D eigenvalue weighted by atomic mass is 32.1. The van der Waals surface area contributed by atoms with Gasteiger partial charge in [-0.15, -0.1) is 11.3 Å². The summed E-state index contributed by atoms with van der Waals surface area (Å²) in [5, 5.41) is 0. The van der Waals surface area contributed by atoms with Crippen molar-refractivity contribution in [1.29, 1.82) is 0 Å². The topological polar surface area (TPSA) is 74.0 Å². The number of carbonyl (C=O) groups excluding carboxylic acids is 2. The first-order valence-electron chi connectivity index (χ1n) is 7.19. The molecule has 8 heteroatoms. The van der Waals surface area contributed by atoms with E-state index in [0.29, 0.717) is 4.88 Å². The molecular weight excluding hydrogens is 361 g/mol. The first-order chi connectivity index (χ1) is 12.0. The molecule has 0 spiro atoms. The number of H-pyrrole nitrogens is 1. The Morgan fingerprint density at radius 1 is 1.00 bits per heavy atom. The van der Waals surface area contributed by atoms with Crippen LogP contribution in [0.25, 0.3) is 10.4 Å². The normalized spacial score (nSPS) is 10.3. The molecule has 0 unspecified atom stereocenters. The van der Waals surface area contributed by atoms with Gasteiger partial charge in [-0.05, 0) is 42.0 Å². The van der Waals surface area contributed by atoms with Gasteiger partial charge in [0.05, 0.1) is 10.4 Å². The van der Waals surface area contributed by atoms with E-state index < -0.39 is 11.8 Å². The molecule has 0 aliphatic rings. The molecular formula is C17H12FN3O2S2. The Morgan fingerprint density at radius 2 is 1.72 bits per heavy atom. The number of aromatic amines is 1. The first-order valence-corrected chi connectivity index (χ1v) is 8.41. The van der Waals surface area contributed by atoms with Gasteiger partial charge in [-0.25, -0.2) is 4.39 Å². The average molecular weight is 373 g/mol. The lowest BCUT2D eigenvalue weighted by Gasteiger charge is -2.06. The zero-order chi connectivity index (χ0) is 17.8. The Balaban J connectivity index is 1.66. The van der Waals surface area contributed by atoms with Gasteiger partial charge in [-0.1, -0.05) is 24.4 Å². The molecule has 2 aromatic heterocycles. The van der Waals surface area contributed by atoms with Crippen LogP contribution in [0.15, 0.2) is 54.7 Å². The van der Waals surface area contributed by atoms with Crippen molar-refractivity contribution in [2.24, 2.45) is 0 Å². The molecule has 0 aliphatic carbocycles. The maximum absolute atomic E-state index is 13.0. The molecule has 0 atom stereocenters. The molecule has 0 bridgehead atoms. The number of hydrogen-bond acceptors (Lipinski definition) is 4. The van der Waals surface area contributed by atoms with Crippen molar-refractivity contribution in [2.75, 3.05) is 0 Å². The minimum atomic E-state index is -0.509. The van der Waals surface area contributed by atoms with Gasteiger partial charge in [0, 0.05) is 11.1 Å². The van der Waals surface area contributed by atoms with E-state index in [4.69, 9.17) is 12.2 Å². The summed E-state index contributed by atoms with van der Waals surface area (Å²) in [6, 6.07) is 12.6. The standard InChI is InChI=1S/C17H12FN3O2S2/c18-11-5-3-10(4-6-11)13-7-8-14(25-13)16(23)21-20-15(22)12-2-1-9-19-17(12)24/h1-9H,(H,19,24)(H,20,22)(H,21,23). The highest BCUT2D eigenvalue weighted by Crippen LogP contribution is 2.28. The van der Waals surface area contributed by atoms with Crippen molar-refractivity contribution >= 4 is 35.4 Å². The first kappa shape index (κ1) is 17.0. The van der Waals surface area contributed by atoms with Crippen LogP contribution in [0.1, 0.15) is 20.0 Å². The molecule has 0 fully saturated rings. The van der Waals surface area contributed by atoms with Crippen molar-refractivity contribution in [2.45, 2.75) is 0 Å². The summed E-state index contributed by atoms with van der Waals surface area (Å²) in [6.45, 7) is 0. The summed E-state index contributed by atoms with van der Waals surface area (Å²) in [5.41, 5.74) is 5.75. The molecule has 3 rings (SSSR count). The van der Waals surface area contributed by atoms with Crippen molar-refractivity contribution in [3.8, 4) is 10.4 Å². The molecule has 0 aliphatic heterocycles. The van der Waals surface area contributed by atoms with Crippen molar-refractivity contribution in [3.63, 3.8) is 0 Å². The number of benzene rings is 1. The van der Waals surface area contributed by atoms with Crippen LogP contribution >= 0.6 is 23.6 Å². The Hall–Kier alpha value is -2.84. The second kappa shape index (κ2) is 7.37. The molecule has 2 amide bonds. The lowest BCUT2D eigenvalue weighted by molar-refractivity contribution is 0.0848. The fraction of sp³-hybridized carbons (Fsp3) is 0. The van der Waals surface area contributed by atoms with Gasteiger partial charge in [0.2, 0.25) is 0 Å². The second-order valence-corrected chi connectivity index (χ2v) is 6.48. The molecule has 5 nitrogen and oxygen atoms in total. The van der Waals surface area contributed by atoms with Crippen molar-refractivity contribution in [3.05, 3.63) is 75.6 Å².